The number of carbonyl (C=O) groups excluding carboxylic acids is 2. The number of amides is 2. The molecule has 0 N–H and O–H groups in total. The Morgan fingerprint density at radius 1 is 1.43 bits per heavy atom. The topological polar surface area (TPSA) is 63.7 Å². The molecular formula is C8H12NO4P. The van der Waals surface area contributed by atoms with Crippen molar-refractivity contribution in [3.63, 3.8) is 0 Å². The van der Waals surface area contributed by atoms with E-state index in [1.165, 1.54) is 0 Å². The molecule has 2 amide bonds. The third kappa shape index (κ3) is 2.53. The molecule has 1 aliphatic rings. The Labute approximate surface area is 82.6 Å². The van der Waals surface area contributed by atoms with Gasteiger partial charge in [0, 0.05) is 12.8 Å². The highest BCUT2D eigenvalue weighted by atomic mass is 31.1. The van der Waals surface area contributed by atoms with Gasteiger partial charge in [0.15, 0.2) is 0 Å². The van der Waals surface area contributed by atoms with Gasteiger partial charge in [0.05, 0.1) is 6.61 Å². The molecule has 1 saturated heterocycles. The number of nitrogens with zero attached hydrogens (tertiary/aromatic N) is 1. The van der Waals surface area contributed by atoms with Crippen LogP contribution in [0, 0.1) is 0 Å². The van der Waals surface area contributed by atoms with Gasteiger partial charge < -0.3 is 4.52 Å². The molecule has 1 aliphatic heterocycles. The van der Waals surface area contributed by atoms with Gasteiger partial charge in [0.2, 0.25) is 11.8 Å². The average molecular weight is 217 g/mol. The second kappa shape index (κ2) is 5.08. The predicted molar refractivity (Wildman–Crippen MR) is 50.9 cm³/mol. The fourth-order valence-electron chi connectivity index (χ4n) is 1.06. The highest BCUT2D eigenvalue weighted by molar-refractivity contribution is 7.38. The Morgan fingerprint density at radius 2 is 2.00 bits per heavy atom. The second-order valence-electron chi connectivity index (χ2n) is 2.77. The van der Waals surface area contributed by atoms with Crippen LogP contribution in [0.3, 0.4) is 0 Å². The smallest absolute Gasteiger partial charge is 0.294 e. The quantitative estimate of drug-likeness (QED) is 0.402. The lowest BCUT2D eigenvalue weighted by atomic mass is 10.4. The fraction of sp³-hybridized carbons (Fsp3) is 0.500. The summed E-state index contributed by atoms with van der Waals surface area (Å²) < 4.78 is 16.9. The molecule has 5 nitrogen and oxygen atoms in total. The van der Waals surface area contributed by atoms with Gasteiger partial charge in [-0.1, -0.05) is 12.2 Å². The van der Waals surface area contributed by atoms with Crippen LogP contribution in [0.5, 0.6) is 0 Å². The lowest BCUT2D eigenvalue weighted by molar-refractivity contribution is -0.132. The maximum Gasteiger partial charge on any atom is 0.294 e. The minimum absolute atomic E-state index is 0.141. The number of rotatable bonds is 4. The van der Waals surface area contributed by atoms with Gasteiger partial charge in [0.1, 0.15) is 0 Å². The molecule has 14 heavy (non-hydrogen) atoms. The highest BCUT2D eigenvalue weighted by Crippen LogP contribution is 2.33. The summed E-state index contributed by atoms with van der Waals surface area (Å²) in [4.78, 5) is 22.2. The molecule has 0 aromatic rings. The second-order valence-corrected chi connectivity index (χ2v) is 4.04. The molecule has 0 radical (unpaired) electrons. The van der Waals surface area contributed by atoms with Crippen LogP contribution < -0.4 is 0 Å². The van der Waals surface area contributed by atoms with Gasteiger partial charge >= 0.3 is 0 Å². The van der Waals surface area contributed by atoms with E-state index in [1.807, 2.05) is 0 Å². The van der Waals surface area contributed by atoms with Crippen molar-refractivity contribution in [1.29, 1.82) is 0 Å². The minimum atomic E-state index is -2.70. The molecule has 1 heterocycles. The molecular weight excluding hydrogens is 205 g/mol. The van der Waals surface area contributed by atoms with Gasteiger partial charge in [-0.25, -0.2) is 4.67 Å². The summed E-state index contributed by atoms with van der Waals surface area (Å²) in [6.45, 7) is 1.96. The fourth-order valence-corrected chi connectivity index (χ4v) is 2.06. The Balaban J connectivity index is 2.51. The zero-order valence-electron chi connectivity index (χ0n) is 7.86. The Bertz CT molecular complexity index is 284. The molecule has 0 spiro atoms. The van der Waals surface area contributed by atoms with Gasteiger partial charge in [-0.3, -0.25) is 14.2 Å². The van der Waals surface area contributed by atoms with Gasteiger partial charge in [-0.2, -0.15) is 0 Å². The van der Waals surface area contributed by atoms with Gasteiger partial charge in [-0.15, -0.1) is 0 Å². The highest BCUT2D eigenvalue weighted by Gasteiger charge is 2.33. The predicted octanol–water partition coefficient (Wildman–Crippen LogP) is 1.12. The van der Waals surface area contributed by atoms with E-state index in [2.05, 4.69) is 0 Å². The lowest BCUT2D eigenvalue weighted by Gasteiger charge is -2.11. The third-order valence-corrected chi connectivity index (χ3v) is 3.05. The van der Waals surface area contributed by atoms with E-state index >= 15 is 0 Å². The summed E-state index contributed by atoms with van der Waals surface area (Å²) in [6.07, 6.45) is 3.68. The summed E-state index contributed by atoms with van der Waals surface area (Å²) in [5.41, 5.74) is 0. The summed E-state index contributed by atoms with van der Waals surface area (Å²) in [5.74, 6) is -0.807. The number of imide groups is 1. The van der Waals surface area contributed by atoms with Crippen LogP contribution in [-0.2, 0) is 18.7 Å². The maximum atomic E-state index is 11.4. The third-order valence-electron chi connectivity index (χ3n) is 1.77. The van der Waals surface area contributed by atoms with Crippen LogP contribution in [0.1, 0.15) is 19.8 Å². The lowest BCUT2D eigenvalue weighted by Crippen LogP contribution is -2.21. The molecule has 78 valence electrons. The first-order valence-corrected chi connectivity index (χ1v) is 5.57. The van der Waals surface area contributed by atoms with Crippen LogP contribution >= 0.6 is 8.18 Å². The van der Waals surface area contributed by atoms with Gasteiger partial charge in [-0.05, 0) is 6.92 Å². The minimum Gasteiger partial charge on any atom is -0.311 e. The van der Waals surface area contributed by atoms with Crippen LogP contribution in [-0.4, -0.2) is 23.1 Å². The molecule has 1 fully saturated rings. The van der Waals surface area contributed by atoms with Crippen molar-refractivity contribution < 1.29 is 18.7 Å². The van der Waals surface area contributed by atoms with Crippen LogP contribution in [0.25, 0.3) is 0 Å². The van der Waals surface area contributed by atoms with Crippen molar-refractivity contribution in [3.05, 3.63) is 12.2 Å². The molecule has 0 bridgehead atoms. The molecule has 0 aliphatic carbocycles. The number of hydrogen-bond donors (Lipinski definition) is 0. The summed E-state index contributed by atoms with van der Waals surface area (Å²) in [7, 11) is -2.70. The zero-order chi connectivity index (χ0) is 10.6. The van der Waals surface area contributed by atoms with Crippen molar-refractivity contribution in [2.75, 3.05) is 6.61 Å². The summed E-state index contributed by atoms with van der Waals surface area (Å²) in [6, 6.07) is 0. The molecule has 1 unspecified atom stereocenters. The molecule has 1 rings (SSSR count). The first-order chi connectivity index (χ1) is 6.66. The van der Waals surface area contributed by atoms with Crippen molar-refractivity contribution in [2.24, 2.45) is 0 Å². The number of carbonyl (C=O) groups is 2. The van der Waals surface area contributed by atoms with Crippen molar-refractivity contribution in [1.82, 2.24) is 4.67 Å². The largest absolute Gasteiger partial charge is 0.311 e. The van der Waals surface area contributed by atoms with Crippen molar-refractivity contribution in [3.8, 4) is 0 Å². The maximum absolute atomic E-state index is 11.4. The monoisotopic (exact) mass is 217 g/mol. The molecule has 6 heteroatoms. The first kappa shape index (κ1) is 11.1. The Morgan fingerprint density at radius 3 is 2.50 bits per heavy atom. The van der Waals surface area contributed by atoms with Gasteiger partial charge in [0.25, 0.3) is 8.18 Å². The average Bonchev–Trinajstić information content (AvgIpc) is 2.46. The van der Waals surface area contributed by atoms with Crippen molar-refractivity contribution in [2.45, 2.75) is 19.8 Å². The van der Waals surface area contributed by atoms with E-state index in [0.717, 1.165) is 4.67 Å². The normalized spacial score (nSPS) is 19.6. The van der Waals surface area contributed by atoms with Crippen LogP contribution in [0.15, 0.2) is 12.2 Å². The van der Waals surface area contributed by atoms with E-state index < -0.39 is 20.0 Å². The van der Waals surface area contributed by atoms with Crippen LogP contribution in [0.4, 0.5) is 0 Å². The first-order valence-electron chi connectivity index (χ1n) is 4.30. The number of allylic oxidation sites excluding steroid dienone is 1. The van der Waals surface area contributed by atoms with E-state index in [4.69, 9.17) is 4.52 Å². The van der Waals surface area contributed by atoms with E-state index in [0.29, 0.717) is 0 Å². The Hall–Kier alpha value is -0.930. The summed E-state index contributed by atoms with van der Waals surface area (Å²) >= 11 is 0. The van der Waals surface area contributed by atoms with Crippen molar-refractivity contribution >= 4 is 20.0 Å². The zero-order valence-corrected chi connectivity index (χ0v) is 8.86. The molecule has 0 saturated carbocycles. The van der Waals surface area contributed by atoms with Crippen LogP contribution in [0.2, 0.25) is 0 Å². The molecule has 0 aromatic carbocycles. The number of hydrogen-bond acceptors (Lipinski definition) is 4. The SMILES string of the molecule is C/C=C/CO[PH](=O)N1C(=O)CCC1=O. The summed E-state index contributed by atoms with van der Waals surface area (Å²) in [5, 5.41) is 0. The molecule has 1 atom stereocenters. The standard InChI is InChI=1S/C8H12NO4P/c1-2-3-6-13-14(12)9-7(10)4-5-8(9)11/h2-3,14H,4-6H2,1H3/b3-2+. The van der Waals surface area contributed by atoms with E-state index in [9.17, 15) is 14.2 Å². The molecule has 0 aromatic heterocycles. The van der Waals surface area contributed by atoms with E-state index in [-0.39, 0.29) is 19.4 Å². The van der Waals surface area contributed by atoms with E-state index in [1.54, 1.807) is 19.1 Å². The Kier molecular flexibility index (Phi) is 4.04.